The average molecular weight is 416 g/mol. The molecule has 0 atom stereocenters. The molecule has 1 nitrogen and oxygen atoms in total. The summed E-state index contributed by atoms with van der Waals surface area (Å²) in [6, 6.07) is 4.33. The minimum absolute atomic E-state index is 0.153. The molecule has 0 aliphatic heterocycles. The second-order valence-corrected chi connectivity index (χ2v) is 8.41. The van der Waals surface area contributed by atoms with E-state index in [2.05, 4.69) is 4.74 Å². The van der Waals surface area contributed by atoms with Crippen molar-refractivity contribution >= 4 is 0 Å². The zero-order valence-electron chi connectivity index (χ0n) is 16.5. The van der Waals surface area contributed by atoms with Gasteiger partial charge in [-0.2, -0.15) is 8.78 Å². The molecule has 0 radical (unpaired) electrons. The lowest BCUT2D eigenvalue weighted by Crippen LogP contribution is -2.25. The van der Waals surface area contributed by atoms with Gasteiger partial charge in [-0.1, -0.05) is 18.2 Å². The van der Waals surface area contributed by atoms with Crippen LogP contribution in [0.1, 0.15) is 69.3 Å². The second-order valence-electron chi connectivity index (χ2n) is 8.41. The monoisotopic (exact) mass is 416 g/mol. The van der Waals surface area contributed by atoms with Gasteiger partial charge in [0.25, 0.3) is 0 Å². The first kappa shape index (κ1) is 22.1. The molecule has 3 rings (SSSR count). The van der Waals surface area contributed by atoms with Crippen LogP contribution < -0.4 is 4.74 Å². The molecule has 162 valence electrons. The topological polar surface area (TPSA) is 9.23 Å². The van der Waals surface area contributed by atoms with E-state index >= 15 is 0 Å². The van der Waals surface area contributed by atoms with Gasteiger partial charge in [-0.25, -0.2) is 13.2 Å². The van der Waals surface area contributed by atoms with Crippen molar-refractivity contribution in [3.05, 3.63) is 41.7 Å². The van der Waals surface area contributed by atoms with Gasteiger partial charge < -0.3 is 4.74 Å². The molecule has 0 N–H and O–H groups in total. The summed E-state index contributed by atoms with van der Waals surface area (Å²) in [5, 5.41) is 0. The van der Waals surface area contributed by atoms with Crippen molar-refractivity contribution in [1.29, 1.82) is 0 Å². The van der Waals surface area contributed by atoms with Crippen LogP contribution in [0.15, 0.2) is 30.4 Å². The van der Waals surface area contributed by atoms with E-state index in [1.807, 2.05) is 6.08 Å². The third-order valence-corrected chi connectivity index (χ3v) is 6.62. The van der Waals surface area contributed by atoms with Gasteiger partial charge >= 0.3 is 6.61 Å². The Balaban J connectivity index is 1.45. The van der Waals surface area contributed by atoms with E-state index in [1.165, 1.54) is 12.1 Å². The normalized spacial score (nSPS) is 28.4. The number of hydrogen-bond donors (Lipinski definition) is 0. The summed E-state index contributed by atoms with van der Waals surface area (Å²) in [4.78, 5) is 0. The van der Waals surface area contributed by atoms with Gasteiger partial charge in [0.05, 0.1) is 0 Å². The number of ether oxygens (including phenoxy) is 1. The van der Waals surface area contributed by atoms with Gasteiger partial charge in [-0.3, -0.25) is 0 Å². The molecular weight excluding hydrogens is 387 g/mol. The smallest absolute Gasteiger partial charge is 0.387 e. The summed E-state index contributed by atoms with van der Waals surface area (Å²) < 4.78 is 67.2. The van der Waals surface area contributed by atoms with Crippen molar-refractivity contribution in [3.8, 4) is 5.75 Å². The summed E-state index contributed by atoms with van der Waals surface area (Å²) in [7, 11) is 0. The molecule has 2 saturated carbocycles. The largest absolute Gasteiger partial charge is 0.432 e. The highest BCUT2D eigenvalue weighted by atomic mass is 19.3. The van der Waals surface area contributed by atoms with Gasteiger partial charge in [-0.15, -0.1) is 0 Å². The highest BCUT2D eigenvalue weighted by Gasteiger charge is 2.31. The number of allylic oxidation sites excluding steroid dienone is 2. The summed E-state index contributed by atoms with van der Waals surface area (Å²) in [6.07, 6.45) is 9.76. The molecule has 2 aliphatic rings. The Labute approximate surface area is 169 Å². The highest BCUT2D eigenvalue weighted by molar-refractivity contribution is 5.31. The summed E-state index contributed by atoms with van der Waals surface area (Å²) in [5.74, 6) is 0.908. The Kier molecular flexibility index (Phi) is 7.96. The standard InChI is InChI=1S/C23H29F5O/c24-20-14-19(12-13-21(20)29-23(27)28)18-10-8-17(9-11-18)16-6-4-15(5-7-16)2-1-3-22(25)26/h1-2,12-18,22-23H,3-11H2/b2-1+/t15-,16-,17?,18?. The lowest BCUT2D eigenvalue weighted by atomic mass is 9.68. The van der Waals surface area contributed by atoms with Crippen LogP contribution in [0.3, 0.4) is 0 Å². The molecule has 6 heteroatoms. The molecule has 2 aliphatic carbocycles. The fourth-order valence-electron chi connectivity index (χ4n) is 5.07. The number of halogens is 5. The van der Waals surface area contributed by atoms with Crippen molar-refractivity contribution in [2.75, 3.05) is 0 Å². The zero-order chi connectivity index (χ0) is 20.8. The number of benzene rings is 1. The predicted molar refractivity (Wildman–Crippen MR) is 103 cm³/mol. The maximum Gasteiger partial charge on any atom is 0.387 e. The molecule has 0 amide bonds. The maximum atomic E-state index is 14.0. The highest BCUT2D eigenvalue weighted by Crippen LogP contribution is 2.44. The third kappa shape index (κ3) is 6.45. The van der Waals surface area contributed by atoms with Crippen LogP contribution in [0.2, 0.25) is 0 Å². The average Bonchev–Trinajstić information content (AvgIpc) is 2.70. The van der Waals surface area contributed by atoms with Crippen molar-refractivity contribution < 1.29 is 26.7 Å². The van der Waals surface area contributed by atoms with Crippen LogP contribution in [0, 0.1) is 23.6 Å². The van der Waals surface area contributed by atoms with Crippen molar-refractivity contribution in [3.63, 3.8) is 0 Å². The predicted octanol–water partition coefficient (Wildman–Crippen LogP) is 7.72. The van der Waals surface area contributed by atoms with E-state index in [1.54, 1.807) is 12.1 Å². The van der Waals surface area contributed by atoms with E-state index in [-0.39, 0.29) is 12.3 Å². The van der Waals surface area contributed by atoms with Gasteiger partial charge in [-0.05, 0) is 92.7 Å². The zero-order valence-corrected chi connectivity index (χ0v) is 16.5. The quantitative estimate of drug-likeness (QED) is 0.327. The fourth-order valence-corrected chi connectivity index (χ4v) is 5.07. The summed E-state index contributed by atoms with van der Waals surface area (Å²) in [6.45, 7) is -3.03. The molecule has 1 aromatic rings. The molecule has 0 heterocycles. The maximum absolute atomic E-state index is 14.0. The summed E-state index contributed by atoms with van der Waals surface area (Å²) >= 11 is 0. The SMILES string of the molecule is Fc1cc(C2CCC([C@H]3CC[C@H](/C=C/CC(F)F)CC3)CC2)ccc1OC(F)F. The first-order valence-corrected chi connectivity index (χ1v) is 10.6. The van der Waals surface area contributed by atoms with Crippen molar-refractivity contribution in [2.24, 2.45) is 17.8 Å². The van der Waals surface area contributed by atoms with E-state index in [0.29, 0.717) is 17.8 Å². The van der Waals surface area contributed by atoms with Crippen LogP contribution >= 0.6 is 0 Å². The first-order valence-electron chi connectivity index (χ1n) is 10.6. The summed E-state index contributed by atoms with van der Waals surface area (Å²) in [5.41, 5.74) is 0.857. The van der Waals surface area contributed by atoms with Crippen LogP contribution in [0.4, 0.5) is 22.0 Å². The Hall–Kier alpha value is -1.59. The van der Waals surface area contributed by atoms with E-state index < -0.39 is 24.6 Å². The second kappa shape index (κ2) is 10.4. The molecule has 0 spiro atoms. The third-order valence-electron chi connectivity index (χ3n) is 6.62. The minimum atomic E-state index is -3.03. The van der Waals surface area contributed by atoms with Crippen molar-refractivity contribution in [1.82, 2.24) is 0 Å². The van der Waals surface area contributed by atoms with Gasteiger partial charge in [0.1, 0.15) is 0 Å². The molecular formula is C23H29F5O. The number of alkyl halides is 4. The molecule has 29 heavy (non-hydrogen) atoms. The van der Waals surface area contributed by atoms with Crippen LogP contribution in [-0.4, -0.2) is 13.0 Å². The van der Waals surface area contributed by atoms with Gasteiger partial charge in [0.15, 0.2) is 11.6 Å². The fraction of sp³-hybridized carbons (Fsp3) is 0.652. The Morgan fingerprint density at radius 2 is 1.52 bits per heavy atom. The van der Waals surface area contributed by atoms with Crippen LogP contribution in [0.5, 0.6) is 5.75 Å². The van der Waals surface area contributed by atoms with E-state index in [9.17, 15) is 22.0 Å². The molecule has 1 aromatic carbocycles. The first-order chi connectivity index (χ1) is 13.9. The Bertz CT molecular complexity index is 659. The number of rotatable bonds is 7. The van der Waals surface area contributed by atoms with Crippen LogP contribution in [-0.2, 0) is 0 Å². The minimum Gasteiger partial charge on any atom is -0.432 e. The van der Waals surface area contributed by atoms with Gasteiger partial charge in [0, 0.05) is 6.42 Å². The Morgan fingerprint density at radius 1 is 0.897 bits per heavy atom. The van der Waals surface area contributed by atoms with E-state index in [4.69, 9.17) is 0 Å². The molecule has 0 aromatic heterocycles. The lowest BCUT2D eigenvalue weighted by Gasteiger charge is -2.37. The molecule has 0 saturated heterocycles. The molecule has 0 bridgehead atoms. The van der Waals surface area contributed by atoms with Crippen LogP contribution in [0.25, 0.3) is 0 Å². The van der Waals surface area contributed by atoms with Gasteiger partial charge in [0.2, 0.25) is 6.43 Å². The van der Waals surface area contributed by atoms with E-state index in [0.717, 1.165) is 56.9 Å². The van der Waals surface area contributed by atoms with Crippen molar-refractivity contribution in [2.45, 2.75) is 76.7 Å². The lowest BCUT2D eigenvalue weighted by molar-refractivity contribution is -0.0522. The Morgan fingerprint density at radius 3 is 2.07 bits per heavy atom. The molecule has 2 fully saturated rings. The molecule has 0 unspecified atom stereocenters. The number of hydrogen-bond acceptors (Lipinski definition) is 1.